The Kier molecular flexibility index (Phi) is 5.41. The molecular formula is C25H36O2Si. The van der Waals surface area contributed by atoms with Crippen molar-refractivity contribution in [2.24, 2.45) is 5.41 Å². The maximum atomic E-state index is 6.83. The molecule has 1 fully saturated rings. The van der Waals surface area contributed by atoms with E-state index in [9.17, 15) is 0 Å². The van der Waals surface area contributed by atoms with E-state index >= 15 is 0 Å². The molecule has 1 aliphatic heterocycles. The van der Waals surface area contributed by atoms with Crippen LogP contribution < -0.4 is 0 Å². The van der Waals surface area contributed by atoms with Crippen LogP contribution in [-0.2, 0) is 14.8 Å². The summed E-state index contributed by atoms with van der Waals surface area (Å²) in [6.07, 6.45) is 0.0958. The van der Waals surface area contributed by atoms with Crippen molar-refractivity contribution in [3.05, 3.63) is 71.8 Å². The molecule has 0 bridgehead atoms. The van der Waals surface area contributed by atoms with Gasteiger partial charge in [0.15, 0.2) is 8.32 Å². The van der Waals surface area contributed by atoms with Gasteiger partial charge in [0.2, 0.25) is 0 Å². The fraction of sp³-hybridized carbons (Fsp3) is 0.520. The zero-order valence-corrected chi connectivity index (χ0v) is 19.7. The van der Waals surface area contributed by atoms with Gasteiger partial charge in [-0.2, -0.15) is 0 Å². The number of hydrogen-bond acceptors (Lipinski definition) is 2. The van der Waals surface area contributed by atoms with Gasteiger partial charge in [0, 0.05) is 5.41 Å². The third-order valence-corrected chi connectivity index (χ3v) is 11.6. The molecule has 2 nitrogen and oxygen atoms in total. The molecule has 2 aromatic rings. The molecule has 0 amide bonds. The van der Waals surface area contributed by atoms with E-state index in [0.29, 0.717) is 0 Å². The maximum absolute atomic E-state index is 6.83. The molecule has 0 radical (unpaired) electrons. The predicted molar refractivity (Wildman–Crippen MR) is 120 cm³/mol. The Morgan fingerprint density at radius 3 is 1.68 bits per heavy atom. The third-order valence-electron chi connectivity index (χ3n) is 7.00. The zero-order chi connectivity index (χ0) is 20.8. The Balaban J connectivity index is 1.96. The van der Waals surface area contributed by atoms with E-state index < -0.39 is 13.9 Å². The summed E-state index contributed by atoms with van der Waals surface area (Å²) in [6, 6.07) is 21.3. The van der Waals surface area contributed by atoms with E-state index in [1.165, 1.54) is 11.1 Å². The van der Waals surface area contributed by atoms with Gasteiger partial charge in [-0.05, 0) is 36.2 Å². The monoisotopic (exact) mass is 396 g/mol. The molecule has 0 unspecified atom stereocenters. The number of ether oxygens (including phenoxy) is 1. The molecule has 3 rings (SSSR count). The average Bonchev–Trinajstić information content (AvgIpc) is 2.61. The highest BCUT2D eigenvalue weighted by Crippen LogP contribution is 2.61. The number of hydrogen-bond donors (Lipinski definition) is 0. The fourth-order valence-corrected chi connectivity index (χ4v) is 5.82. The Morgan fingerprint density at radius 1 is 0.893 bits per heavy atom. The molecule has 0 N–H and O–H groups in total. The highest BCUT2D eigenvalue weighted by Gasteiger charge is 2.65. The minimum atomic E-state index is -1.86. The Labute approximate surface area is 172 Å². The van der Waals surface area contributed by atoms with Crippen molar-refractivity contribution in [3.8, 4) is 0 Å². The van der Waals surface area contributed by atoms with E-state index in [-0.39, 0.29) is 22.7 Å². The lowest BCUT2D eigenvalue weighted by Gasteiger charge is -2.63. The summed E-state index contributed by atoms with van der Waals surface area (Å²) < 4.78 is 13.6. The van der Waals surface area contributed by atoms with Crippen molar-refractivity contribution >= 4 is 8.32 Å². The molecule has 0 aromatic heterocycles. The van der Waals surface area contributed by atoms with Crippen molar-refractivity contribution in [1.29, 1.82) is 0 Å². The van der Waals surface area contributed by atoms with E-state index in [0.717, 1.165) is 0 Å². The Hall–Kier alpha value is -1.42. The van der Waals surface area contributed by atoms with Gasteiger partial charge < -0.3 is 9.16 Å². The lowest BCUT2D eigenvalue weighted by atomic mass is 9.58. The third kappa shape index (κ3) is 3.28. The molecule has 152 valence electrons. The predicted octanol–water partition coefficient (Wildman–Crippen LogP) is 6.77. The van der Waals surface area contributed by atoms with Crippen LogP contribution in [0.1, 0.15) is 52.7 Å². The van der Waals surface area contributed by atoms with Crippen LogP contribution >= 0.6 is 0 Å². The second-order valence-electron chi connectivity index (χ2n) is 10.3. The SMILES string of the molecule is C[C@@H](O[Si](C)(C)C(C)(C)C)[C@@H]1OC(c2ccccc2)(c2ccccc2)C1(C)C. The van der Waals surface area contributed by atoms with Gasteiger partial charge in [0.05, 0.1) is 12.2 Å². The van der Waals surface area contributed by atoms with Crippen molar-refractivity contribution in [1.82, 2.24) is 0 Å². The highest BCUT2D eigenvalue weighted by molar-refractivity contribution is 6.74. The molecule has 2 atom stereocenters. The first-order valence-electron chi connectivity index (χ1n) is 10.4. The van der Waals surface area contributed by atoms with Crippen molar-refractivity contribution < 1.29 is 9.16 Å². The molecule has 3 heteroatoms. The van der Waals surface area contributed by atoms with E-state index in [4.69, 9.17) is 9.16 Å². The molecule has 1 aliphatic rings. The van der Waals surface area contributed by atoms with Crippen LogP contribution in [0.25, 0.3) is 0 Å². The summed E-state index contributed by atoms with van der Waals surface area (Å²) in [5, 5.41) is 0.186. The fourth-order valence-electron chi connectivity index (χ4n) is 4.41. The molecule has 28 heavy (non-hydrogen) atoms. The van der Waals surface area contributed by atoms with Gasteiger partial charge in [-0.1, -0.05) is 95.3 Å². The van der Waals surface area contributed by atoms with Crippen molar-refractivity contribution in [2.75, 3.05) is 0 Å². The minimum Gasteiger partial charge on any atom is -0.412 e. The molecule has 0 saturated carbocycles. The molecule has 1 saturated heterocycles. The second kappa shape index (κ2) is 7.12. The molecule has 1 heterocycles. The molecular weight excluding hydrogens is 360 g/mol. The topological polar surface area (TPSA) is 18.5 Å². The highest BCUT2D eigenvalue weighted by atomic mass is 28.4. The molecule has 0 aliphatic carbocycles. The van der Waals surface area contributed by atoms with Gasteiger partial charge in [0.1, 0.15) is 5.60 Å². The first kappa shape index (κ1) is 21.3. The van der Waals surface area contributed by atoms with Crippen molar-refractivity contribution in [3.63, 3.8) is 0 Å². The lowest BCUT2D eigenvalue weighted by Crippen LogP contribution is -2.68. The first-order chi connectivity index (χ1) is 12.9. The maximum Gasteiger partial charge on any atom is 0.192 e. The summed E-state index contributed by atoms with van der Waals surface area (Å²) in [4.78, 5) is 0. The quantitative estimate of drug-likeness (QED) is 0.519. The van der Waals surface area contributed by atoms with Crippen molar-refractivity contribution in [2.45, 2.75) is 77.5 Å². The lowest BCUT2D eigenvalue weighted by molar-refractivity contribution is -0.316. The van der Waals surface area contributed by atoms with Crippen LogP contribution in [0.2, 0.25) is 18.1 Å². The summed E-state index contributed by atoms with van der Waals surface area (Å²) in [7, 11) is -1.86. The van der Waals surface area contributed by atoms with Gasteiger partial charge in [0.25, 0.3) is 0 Å². The van der Waals surface area contributed by atoms with E-state index in [2.05, 4.69) is 115 Å². The van der Waals surface area contributed by atoms with Gasteiger partial charge in [-0.25, -0.2) is 0 Å². The standard InChI is InChI=1S/C25H36O2Si/c1-19(27-28(7,8)23(2,3)4)22-24(5,6)25(26-22,20-15-11-9-12-16-20)21-17-13-10-14-18-21/h9-19,22H,1-8H3/t19-,22+/m1/s1. The first-order valence-corrected chi connectivity index (χ1v) is 13.3. The van der Waals surface area contributed by atoms with Crippen LogP contribution in [0, 0.1) is 5.41 Å². The van der Waals surface area contributed by atoms with Gasteiger partial charge >= 0.3 is 0 Å². The summed E-state index contributed by atoms with van der Waals surface area (Å²) in [5.41, 5.74) is 1.87. The smallest absolute Gasteiger partial charge is 0.192 e. The summed E-state index contributed by atoms with van der Waals surface area (Å²) in [6.45, 7) is 18.3. The average molecular weight is 397 g/mol. The summed E-state index contributed by atoms with van der Waals surface area (Å²) in [5.74, 6) is 0. The van der Waals surface area contributed by atoms with E-state index in [1.807, 2.05) is 0 Å². The Morgan fingerprint density at radius 2 is 1.32 bits per heavy atom. The van der Waals surface area contributed by atoms with Crippen LogP contribution in [0.5, 0.6) is 0 Å². The van der Waals surface area contributed by atoms with Crippen LogP contribution in [0.3, 0.4) is 0 Å². The van der Waals surface area contributed by atoms with Crippen LogP contribution in [0.4, 0.5) is 0 Å². The Bertz CT molecular complexity index is 751. The number of rotatable bonds is 5. The van der Waals surface area contributed by atoms with Gasteiger partial charge in [-0.3, -0.25) is 0 Å². The van der Waals surface area contributed by atoms with Gasteiger partial charge in [-0.15, -0.1) is 0 Å². The minimum absolute atomic E-state index is 0.0436. The van der Waals surface area contributed by atoms with Crippen LogP contribution in [0.15, 0.2) is 60.7 Å². The normalized spacial score (nSPS) is 22.4. The summed E-state index contributed by atoms with van der Waals surface area (Å²) >= 11 is 0. The zero-order valence-electron chi connectivity index (χ0n) is 18.7. The van der Waals surface area contributed by atoms with Crippen LogP contribution in [-0.4, -0.2) is 20.5 Å². The number of benzene rings is 2. The molecule has 0 spiro atoms. The van der Waals surface area contributed by atoms with E-state index in [1.54, 1.807) is 0 Å². The largest absolute Gasteiger partial charge is 0.412 e. The molecule has 2 aromatic carbocycles. The second-order valence-corrected chi connectivity index (χ2v) is 15.0.